The number of piperidine rings is 1. The molecule has 10 nitrogen and oxygen atoms in total. The van der Waals surface area contributed by atoms with Crippen molar-refractivity contribution in [2.45, 2.75) is 58.2 Å². The standard InChI is InChI=1S/C35H36ClF2N9O/c1-6-44(5)23-16-45(17-23)34-26-15-41-47(22-8-10-46(35(48)20(4)37)21(12-22)7-9-39)33(26)24-13-27(36)30(31(38)32(24)42-34)29-19(3)18(2)11-28-25(29)14-40-43-28/h11,13-15,21-23H,4,6-8,10,12,16-17H2,1-3,5H3,(H,40,43)/t21-,22+/m1/s1. The minimum Gasteiger partial charge on any atom is -0.353 e. The van der Waals surface area contributed by atoms with Crippen molar-refractivity contribution in [2.24, 2.45) is 0 Å². The highest BCUT2D eigenvalue weighted by molar-refractivity contribution is 6.35. The normalized spacial score (nSPS) is 18.6. The van der Waals surface area contributed by atoms with Gasteiger partial charge in [0.1, 0.15) is 11.3 Å². The predicted molar refractivity (Wildman–Crippen MR) is 183 cm³/mol. The number of hydrogen-bond donors (Lipinski definition) is 1. The molecule has 0 spiro atoms. The molecule has 2 aliphatic rings. The Morgan fingerprint density at radius 3 is 2.69 bits per heavy atom. The maximum atomic E-state index is 17.2. The van der Waals surface area contributed by atoms with Gasteiger partial charge in [-0.05, 0) is 63.5 Å². The number of nitrogens with one attached hydrogen (secondary N) is 1. The molecule has 1 amide bonds. The number of aromatic amines is 1. The van der Waals surface area contributed by atoms with Crippen LogP contribution in [0.3, 0.4) is 0 Å². The lowest BCUT2D eigenvalue weighted by molar-refractivity contribution is -0.132. The average Bonchev–Trinajstić information content (AvgIpc) is 3.70. The molecule has 5 aromatic rings. The number of nitriles is 1. The summed E-state index contributed by atoms with van der Waals surface area (Å²) in [5.41, 5.74) is 4.44. The van der Waals surface area contributed by atoms with Gasteiger partial charge in [0.15, 0.2) is 11.6 Å². The van der Waals surface area contributed by atoms with Crippen molar-refractivity contribution in [3.8, 4) is 17.2 Å². The van der Waals surface area contributed by atoms with E-state index in [4.69, 9.17) is 21.7 Å². The maximum Gasteiger partial charge on any atom is 0.282 e. The minimum atomic E-state index is -1.05. The van der Waals surface area contributed by atoms with Crippen LogP contribution in [-0.2, 0) is 4.79 Å². The van der Waals surface area contributed by atoms with Crippen molar-refractivity contribution in [2.75, 3.05) is 38.1 Å². The molecule has 0 bridgehead atoms. The summed E-state index contributed by atoms with van der Waals surface area (Å²) in [7, 11) is 2.09. The topological polar surface area (TPSA) is 110 Å². The highest BCUT2D eigenvalue weighted by atomic mass is 35.5. The molecule has 13 heteroatoms. The smallest absolute Gasteiger partial charge is 0.282 e. The Bertz CT molecular complexity index is 2160. The molecule has 0 unspecified atom stereocenters. The first-order valence-electron chi connectivity index (χ1n) is 16.1. The molecule has 0 radical (unpaired) electrons. The number of H-pyrrole nitrogens is 1. The lowest BCUT2D eigenvalue weighted by Crippen LogP contribution is -2.58. The number of aromatic nitrogens is 5. The number of likely N-dealkylation sites (tertiary alicyclic amines) is 1. The zero-order valence-corrected chi connectivity index (χ0v) is 28.1. The largest absolute Gasteiger partial charge is 0.353 e. The molecule has 2 saturated heterocycles. The van der Waals surface area contributed by atoms with Crippen molar-refractivity contribution in [3.05, 3.63) is 58.9 Å². The predicted octanol–water partition coefficient (Wildman–Crippen LogP) is 6.61. The Balaban J connectivity index is 1.43. The summed E-state index contributed by atoms with van der Waals surface area (Å²) in [6.07, 6.45) is 4.30. The summed E-state index contributed by atoms with van der Waals surface area (Å²) >= 11 is 7.03. The maximum absolute atomic E-state index is 17.2. The first-order valence-corrected chi connectivity index (χ1v) is 16.5. The van der Waals surface area contributed by atoms with Gasteiger partial charge in [0.2, 0.25) is 0 Å². The first kappa shape index (κ1) is 32.0. The highest BCUT2D eigenvalue weighted by Crippen LogP contribution is 2.45. The van der Waals surface area contributed by atoms with Gasteiger partial charge in [-0.25, -0.2) is 13.8 Å². The number of benzene rings is 2. The molecule has 248 valence electrons. The SMILES string of the molecule is C=C(F)C(=O)N1CC[C@H](n2ncc3c(N4CC(N(C)CC)C4)nc4c(F)c(-c5c(C)c(C)cc6[nH]ncc56)c(Cl)cc4c32)C[C@H]1CC#N. The Labute approximate surface area is 281 Å². The molecule has 1 N–H and O–H groups in total. The van der Waals surface area contributed by atoms with Crippen LogP contribution in [0.5, 0.6) is 0 Å². The summed E-state index contributed by atoms with van der Waals surface area (Å²) in [4.78, 5) is 23.4. The van der Waals surface area contributed by atoms with Crippen molar-refractivity contribution in [3.63, 3.8) is 0 Å². The van der Waals surface area contributed by atoms with Gasteiger partial charge in [0.25, 0.3) is 5.91 Å². The Morgan fingerprint density at radius 1 is 1.21 bits per heavy atom. The Kier molecular flexibility index (Phi) is 8.08. The van der Waals surface area contributed by atoms with E-state index >= 15 is 4.39 Å². The first-order chi connectivity index (χ1) is 23.0. The number of likely N-dealkylation sites (N-methyl/N-ethyl adjacent to an activating group) is 1. The molecule has 2 fully saturated rings. The molecule has 2 aliphatic heterocycles. The third kappa shape index (κ3) is 4.99. The number of carbonyl (C=O) groups is 1. The van der Waals surface area contributed by atoms with Gasteiger partial charge in [-0.15, -0.1) is 0 Å². The van der Waals surface area contributed by atoms with Crippen molar-refractivity contribution in [1.82, 2.24) is 34.8 Å². The number of fused-ring (bicyclic) bond motifs is 4. The van der Waals surface area contributed by atoms with Crippen molar-refractivity contribution in [1.29, 1.82) is 5.26 Å². The fourth-order valence-corrected chi connectivity index (χ4v) is 7.68. The third-order valence-corrected chi connectivity index (χ3v) is 10.7. The van der Waals surface area contributed by atoms with Crippen LogP contribution in [0.1, 0.15) is 43.4 Å². The number of carbonyl (C=O) groups excluding carboxylic acids is 1. The molecular weight excluding hydrogens is 636 g/mol. The van der Waals surface area contributed by atoms with Gasteiger partial charge in [0.05, 0.1) is 52.4 Å². The number of rotatable bonds is 7. The van der Waals surface area contributed by atoms with Crippen molar-refractivity contribution >= 4 is 56.0 Å². The number of amides is 1. The van der Waals surface area contributed by atoms with Gasteiger partial charge >= 0.3 is 0 Å². The van der Waals surface area contributed by atoms with E-state index in [-0.39, 0.29) is 35.1 Å². The van der Waals surface area contributed by atoms with Gasteiger partial charge in [-0.2, -0.15) is 15.5 Å². The second-order valence-corrected chi connectivity index (χ2v) is 13.4. The fraction of sp³-hybridized carbons (Fsp3) is 0.400. The van der Waals surface area contributed by atoms with Crippen LogP contribution in [-0.4, -0.2) is 86.0 Å². The van der Waals surface area contributed by atoms with E-state index < -0.39 is 23.6 Å². The summed E-state index contributed by atoms with van der Waals surface area (Å²) in [6, 6.07) is 5.45. The Hall–Kier alpha value is -4.60. The van der Waals surface area contributed by atoms with E-state index in [0.29, 0.717) is 41.2 Å². The van der Waals surface area contributed by atoms with E-state index in [1.54, 1.807) is 18.5 Å². The van der Waals surface area contributed by atoms with E-state index in [1.807, 2.05) is 24.6 Å². The number of aryl methyl sites for hydroxylation is 1. The lowest BCUT2D eigenvalue weighted by Gasteiger charge is -2.44. The molecule has 5 heterocycles. The third-order valence-electron chi connectivity index (χ3n) is 10.4. The van der Waals surface area contributed by atoms with Gasteiger partial charge in [-0.3, -0.25) is 14.6 Å². The molecule has 2 atom stereocenters. The highest BCUT2D eigenvalue weighted by Gasteiger charge is 2.37. The van der Waals surface area contributed by atoms with E-state index in [1.165, 1.54) is 4.90 Å². The molecule has 7 rings (SSSR count). The molecule has 48 heavy (non-hydrogen) atoms. The number of anilines is 1. The van der Waals surface area contributed by atoms with Crippen LogP contribution < -0.4 is 4.90 Å². The second kappa shape index (κ2) is 12.1. The van der Waals surface area contributed by atoms with Crippen LogP contribution in [0, 0.1) is 31.0 Å². The van der Waals surface area contributed by atoms with E-state index in [9.17, 15) is 14.4 Å². The minimum absolute atomic E-state index is 0.0323. The van der Waals surface area contributed by atoms with Gasteiger partial charge in [-0.1, -0.05) is 25.1 Å². The zero-order valence-electron chi connectivity index (χ0n) is 27.3. The Morgan fingerprint density at radius 2 is 1.98 bits per heavy atom. The number of hydrogen-bond acceptors (Lipinski definition) is 7. The molecule has 2 aromatic carbocycles. The number of pyridine rings is 1. The second-order valence-electron chi connectivity index (χ2n) is 13.0. The van der Waals surface area contributed by atoms with Crippen LogP contribution >= 0.6 is 11.6 Å². The molecule has 0 saturated carbocycles. The van der Waals surface area contributed by atoms with Crippen LogP contribution in [0.2, 0.25) is 5.02 Å². The van der Waals surface area contributed by atoms with Gasteiger partial charge < -0.3 is 14.7 Å². The van der Waals surface area contributed by atoms with Crippen molar-refractivity contribution < 1.29 is 13.6 Å². The molecular formula is C35H36ClF2N9O. The fourth-order valence-electron chi connectivity index (χ4n) is 7.40. The van der Waals surface area contributed by atoms with Crippen LogP contribution in [0.25, 0.3) is 43.8 Å². The summed E-state index contributed by atoms with van der Waals surface area (Å²) < 4.78 is 33.0. The molecule has 0 aliphatic carbocycles. The lowest BCUT2D eigenvalue weighted by atomic mass is 9.92. The number of halogens is 3. The summed E-state index contributed by atoms with van der Waals surface area (Å²) in [5, 5.41) is 23.9. The van der Waals surface area contributed by atoms with E-state index in [0.717, 1.165) is 47.1 Å². The van der Waals surface area contributed by atoms with E-state index in [2.05, 4.69) is 46.6 Å². The monoisotopic (exact) mass is 671 g/mol. The summed E-state index contributed by atoms with van der Waals surface area (Å²) in [6.45, 7) is 11.8. The van der Waals surface area contributed by atoms with Crippen LogP contribution in [0.4, 0.5) is 14.6 Å². The van der Waals surface area contributed by atoms with Crippen LogP contribution in [0.15, 0.2) is 36.9 Å². The zero-order chi connectivity index (χ0) is 34.0. The average molecular weight is 672 g/mol. The quantitative estimate of drug-likeness (QED) is 0.194. The van der Waals surface area contributed by atoms with Gasteiger partial charge in [0, 0.05) is 53.6 Å². The summed E-state index contributed by atoms with van der Waals surface area (Å²) in [5.74, 6) is -1.75. The number of nitrogens with zero attached hydrogens (tertiary/aromatic N) is 8. The molecule has 3 aromatic heterocycles.